The van der Waals surface area contributed by atoms with E-state index < -0.39 is 41.1 Å². The first-order valence-corrected chi connectivity index (χ1v) is 11.9. The molecular weight excluding hydrogens is 524 g/mol. The molecule has 0 saturated carbocycles. The van der Waals surface area contributed by atoms with Gasteiger partial charge in [-0.2, -0.15) is 0 Å². The van der Waals surface area contributed by atoms with Crippen molar-refractivity contribution in [3.8, 4) is 5.75 Å². The van der Waals surface area contributed by atoms with Gasteiger partial charge in [0.25, 0.3) is 5.69 Å². The van der Waals surface area contributed by atoms with E-state index >= 15 is 0 Å². The van der Waals surface area contributed by atoms with Gasteiger partial charge in [0.15, 0.2) is 12.4 Å². The number of methoxy groups -OCH3 is 1. The molecule has 1 atom stereocenters. The van der Waals surface area contributed by atoms with Crippen molar-refractivity contribution in [1.29, 1.82) is 0 Å². The Hall–Kier alpha value is -5.39. The third-order valence-corrected chi connectivity index (χ3v) is 6.10. The number of carbonyl (C=O) groups is 5. The molecule has 0 spiro atoms. The fraction of sp³-hybridized carbons (Fsp3) is 0.179. The highest BCUT2D eigenvalue weighted by Gasteiger charge is 2.36. The third kappa shape index (κ3) is 6.35. The van der Waals surface area contributed by atoms with Crippen LogP contribution in [0.5, 0.6) is 5.75 Å². The van der Waals surface area contributed by atoms with Crippen LogP contribution in [0.25, 0.3) is 0 Å². The lowest BCUT2D eigenvalue weighted by Crippen LogP contribution is -2.27. The van der Waals surface area contributed by atoms with E-state index in [4.69, 9.17) is 9.47 Å². The lowest BCUT2D eigenvalue weighted by molar-refractivity contribution is -0.384. The van der Waals surface area contributed by atoms with Crippen LogP contribution in [0.1, 0.15) is 37.5 Å². The van der Waals surface area contributed by atoms with Crippen molar-refractivity contribution < 1.29 is 43.1 Å². The van der Waals surface area contributed by atoms with E-state index in [0.717, 1.165) is 0 Å². The molecule has 1 aliphatic heterocycles. The minimum Gasteiger partial charge on any atom is -0.465 e. The second-order valence-corrected chi connectivity index (χ2v) is 8.69. The first kappa shape index (κ1) is 27.6. The van der Waals surface area contributed by atoms with Gasteiger partial charge in [0.2, 0.25) is 5.91 Å². The van der Waals surface area contributed by atoms with Gasteiger partial charge in [0.1, 0.15) is 5.75 Å². The van der Waals surface area contributed by atoms with Gasteiger partial charge >= 0.3 is 17.9 Å². The van der Waals surface area contributed by atoms with Crippen LogP contribution in [-0.2, 0) is 19.1 Å². The molecule has 40 heavy (non-hydrogen) atoms. The maximum absolute atomic E-state index is 12.5. The molecule has 3 aromatic carbocycles. The summed E-state index contributed by atoms with van der Waals surface area (Å²) in [6, 6.07) is 16.7. The summed E-state index contributed by atoms with van der Waals surface area (Å²) in [6.07, 6.45) is -0.0827. The number of anilines is 1. The van der Waals surface area contributed by atoms with E-state index in [1.807, 2.05) is 0 Å². The van der Waals surface area contributed by atoms with Crippen LogP contribution in [0.15, 0.2) is 72.8 Å². The SMILES string of the molecule is COC(=O)c1ccc(N2C[C@@H](C(=O)OCC(=O)c3ccc(OC(=O)c4ccc([N+](=O)[O-])cc4)cc3)CC2=O)cc1. The number of ether oxygens (including phenoxy) is 3. The number of ketones is 1. The van der Waals surface area contributed by atoms with Crippen LogP contribution < -0.4 is 9.64 Å². The van der Waals surface area contributed by atoms with E-state index in [1.54, 1.807) is 12.1 Å². The van der Waals surface area contributed by atoms with Crippen molar-refractivity contribution in [3.05, 3.63) is 99.6 Å². The van der Waals surface area contributed by atoms with Crippen molar-refractivity contribution >= 4 is 41.0 Å². The molecule has 0 bridgehead atoms. The first-order valence-electron chi connectivity index (χ1n) is 11.9. The van der Waals surface area contributed by atoms with Gasteiger partial charge in [-0.15, -0.1) is 0 Å². The lowest BCUT2D eigenvalue weighted by Gasteiger charge is -2.16. The van der Waals surface area contributed by atoms with Crippen molar-refractivity contribution in [1.82, 2.24) is 0 Å². The number of hydrogen-bond donors (Lipinski definition) is 0. The number of hydrogen-bond acceptors (Lipinski definition) is 10. The predicted octanol–water partition coefficient (Wildman–Crippen LogP) is 3.38. The van der Waals surface area contributed by atoms with E-state index in [0.29, 0.717) is 11.3 Å². The second-order valence-electron chi connectivity index (χ2n) is 8.69. The summed E-state index contributed by atoms with van der Waals surface area (Å²) in [6.45, 7) is -0.475. The van der Waals surface area contributed by atoms with Crippen LogP contribution >= 0.6 is 0 Å². The Kier molecular flexibility index (Phi) is 8.28. The fourth-order valence-corrected chi connectivity index (χ4v) is 3.94. The van der Waals surface area contributed by atoms with Gasteiger partial charge in [-0.25, -0.2) is 9.59 Å². The first-order chi connectivity index (χ1) is 19.2. The van der Waals surface area contributed by atoms with Crippen LogP contribution in [0.2, 0.25) is 0 Å². The zero-order chi connectivity index (χ0) is 28.8. The average molecular weight is 546 g/mol. The molecule has 4 rings (SSSR count). The van der Waals surface area contributed by atoms with Gasteiger partial charge in [0.05, 0.1) is 29.1 Å². The Morgan fingerprint density at radius 1 is 0.875 bits per heavy atom. The number of carbonyl (C=O) groups excluding carboxylic acids is 5. The topological polar surface area (TPSA) is 159 Å². The van der Waals surface area contributed by atoms with Gasteiger partial charge < -0.3 is 19.1 Å². The Morgan fingerprint density at radius 3 is 2.05 bits per heavy atom. The van der Waals surface area contributed by atoms with Crippen LogP contribution in [0.4, 0.5) is 11.4 Å². The molecular formula is C28H22N2O10. The van der Waals surface area contributed by atoms with Gasteiger partial charge in [-0.1, -0.05) is 0 Å². The highest BCUT2D eigenvalue weighted by atomic mass is 16.6. The van der Waals surface area contributed by atoms with Gasteiger partial charge in [-0.05, 0) is 60.7 Å². The molecule has 0 aromatic heterocycles. The monoisotopic (exact) mass is 546 g/mol. The van der Waals surface area contributed by atoms with Crippen molar-refractivity contribution in [3.63, 3.8) is 0 Å². The minimum atomic E-state index is -0.762. The number of Topliss-reactive ketones (excluding diaryl/α,β-unsaturated/α-hetero) is 1. The lowest BCUT2D eigenvalue weighted by atomic mass is 10.1. The highest BCUT2D eigenvalue weighted by Crippen LogP contribution is 2.26. The molecule has 1 saturated heterocycles. The summed E-state index contributed by atoms with van der Waals surface area (Å²) >= 11 is 0. The molecule has 1 amide bonds. The van der Waals surface area contributed by atoms with Crippen LogP contribution in [0.3, 0.4) is 0 Å². The Labute approximate surface area is 227 Å². The number of nitro groups is 1. The Bertz CT molecular complexity index is 1460. The largest absolute Gasteiger partial charge is 0.465 e. The van der Waals surface area contributed by atoms with Crippen molar-refractivity contribution in [2.45, 2.75) is 6.42 Å². The molecule has 12 heteroatoms. The second kappa shape index (κ2) is 12.0. The molecule has 0 aliphatic carbocycles. The molecule has 0 radical (unpaired) electrons. The van der Waals surface area contributed by atoms with Crippen LogP contribution in [0, 0.1) is 16.0 Å². The predicted molar refractivity (Wildman–Crippen MR) is 138 cm³/mol. The standard InChI is InChI=1S/C28H22N2O10/c1-38-26(33)18-2-8-21(9-3-18)29-15-20(14-25(29)32)27(34)39-16-24(31)17-6-12-23(13-7-17)40-28(35)19-4-10-22(11-5-19)30(36)37/h2-13,20H,14-16H2,1H3/t20-/m0/s1. The maximum atomic E-state index is 12.5. The maximum Gasteiger partial charge on any atom is 0.343 e. The van der Waals surface area contributed by atoms with Crippen molar-refractivity contribution in [2.75, 3.05) is 25.2 Å². The minimum absolute atomic E-state index is 0.0677. The number of rotatable bonds is 9. The van der Waals surface area contributed by atoms with E-state index in [1.165, 1.54) is 72.7 Å². The summed E-state index contributed by atoms with van der Waals surface area (Å²) in [5.41, 5.74) is 0.989. The van der Waals surface area contributed by atoms with Crippen molar-refractivity contribution in [2.24, 2.45) is 5.92 Å². The number of benzene rings is 3. The number of nitrogens with zero attached hydrogens (tertiary/aromatic N) is 2. The molecule has 0 N–H and O–H groups in total. The van der Waals surface area contributed by atoms with E-state index in [2.05, 4.69) is 4.74 Å². The third-order valence-electron chi connectivity index (χ3n) is 6.10. The summed E-state index contributed by atoms with van der Waals surface area (Å²) in [4.78, 5) is 72.9. The van der Waals surface area contributed by atoms with E-state index in [9.17, 15) is 34.1 Å². The number of esters is 3. The molecule has 12 nitrogen and oxygen atoms in total. The molecule has 1 heterocycles. The van der Waals surface area contributed by atoms with E-state index in [-0.39, 0.29) is 41.4 Å². The Balaban J connectivity index is 1.28. The normalized spacial score (nSPS) is 14.4. The summed E-state index contributed by atoms with van der Waals surface area (Å²) < 4.78 is 15.0. The molecule has 3 aromatic rings. The summed E-state index contributed by atoms with van der Waals surface area (Å²) in [5.74, 6) is -3.35. The molecule has 204 valence electrons. The summed E-state index contributed by atoms with van der Waals surface area (Å²) in [5, 5.41) is 10.7. The number of amides is 1. The fourth-order valence-electron chi connectivity index (χ4n) is 3.94. The zero-order valence-corrected chi connectivity index (χ0v) is 21.1. The smallest absolute Gasteiger partial charge is 0.343 e. The quantitative estimate of drug-likeness (QED) is 0.128. The zero-order valence-electron chi connectivity index (χ0n) is 21.1. The molecule has 1 aliphatic rings. The molecule has 0 unspecified atom stereocenters. The average Bonchev–Trinajstić information content (AvgIpc) is 3.37. The highest BCUT2D eigenvalue weighted by molar-refractivity contribution is 6.01. The van der Waals surface area contributed by atoms with Crippen LogP contribution in [-0.4, -0.2) is 54.8 Å². The summed E-state index contributed by atoms with van der Waals surface area (Å²) in [7, 11) is 1.26. The van der Waals surface area contributed by atoms with Gasteiger partial charge in [-0.3, -0.25) is 24.5 Å². The Morgan fingerprint density at radius 2 is 1.45 bits per heavy atom. The molecule has 1 fully saturated rings. The van der Waals surface area contributed by atoms with Gasteiger partial charge in [0, 0.05) is 36.3 Å². The number of non-ortho nitro benzene ring substituents is 1. The number of nitro benzene ring substituents is 1.